The minimum atomic E-state index is -0.703. The maximum Gasteiger partial charge on any atom is 0.138 e. The van der Waals surface area contributed by atoms with Gasteiger partial charge in [-0.25, -0.2) is 4.98 Å². The number of fused-ring (bicyclic) bond motifs is 15. The van der Waals surface area contributed by atoms with Crippen LogP contribution in [0.4, 0.5) is 0 Å². The highest BCUT2D eigenvalue weighted by atomic mass is 16.5. The first kappa shape index (κ1) is 30.4. The Kier molecular flexibility index (Phi) is 5.96. The third-order valence-corrected chi connectivity index (χ3v) is 11.6. The molecule has 0 radical (unpaired) electrons. The van der Waals surface area contributed by atoms with Gasteiger partial charge in [-0.2, -0.15) is 10.5 Å². The smallest absolute Gasteiger partial charge is 0.138 e. The van der Waals surface area contributed by atoms with Crippen molar-refractivity contribution in [3.05, 3.63) is 185 Å². The molecule has 6 heterocycles. The van der Waals surface area contributed by atoms with Gasteiger partial charge >= 0.3 is 0 Å². The largest absolute Gasteiger partial charge is 0.457 e. The molecule has 8 heteroatoms. The maximum absolute atomic E-state index is 9.73. The van der Waals surface area contributed by atoms with Gasteiger partial charge in [-0.05, 0) is 96.1 Å². The van der Waals surface area contributed by atoms with E-state index in [2.05, 4.69) is 94.1 Å². The monoisotopic (exact) mass is 715 g/mol. The van der Waals surface area contributed by atoms with Gasteiger partial charge in [0.1, 0.15) is 17.3 Å². The van der Waals surface area contributed by atoms with E-state index >= 15 is 0 Å². The van der Waals surface area contributed by atoms with E-state index in [0.29, 0.717) is 11.1 Å². The molecule has 0 unspecified atom stereocenters. The van der Waals surface area contributed by atoms with Crippen LogP contribution in [0, 0.1) is 22.7 Å². The fourth-order valence-corrected chi connectivity index (χ4v) is 9.35. The molecule has 5 aromatic carbocycles. The van der Waals surface area contributed by atoms with Crippen LogP contribution in [0.1, 0.15) is 33.4 Å². The predicted octanol–water partition coefficient (Wildman–Crippen LogP) is 10.3. The van der Waals surface area contributed by atoms with Gasteiger partial charge in [-0.1, -0.05) is 48.5 Å². The van der Waals surface area contributed by atoms with E-state index in [1.54, 1.807) is 0 Å². The number of nitriles is 2. The van der Waals surface area contributed by atoms with Crippen LogP contribution < -0.4 is 4.74 Å². The maximum atomic E-state index is 9.73. The number of ether oxygens (including phenoxy) is 1. The van der Waals surface area contributed by atoms with Crippen molar-refractivity contribution in [2.24, 2.45) is 0 Å². The van der Waals surface area contributed by atoms with Crippen LogP contribution in [-0.2, 0) is 5.41 Å². The average molecular weight is 716 g/mol. The summed E-state index contributed by atoms with van der Waals surface area (Å²) in [6, 6.07) is 49.6. The van der Waals surface area contributed by atoms with Crippen LogP contribution in [0.25, 0.3) is 66.5 Å². The molecular formula is C48H25N7O. The van der Waals surface area contributed by atoms with E-state index in [9.17, 15) is 10.5 Å². The van der Waals surface area contributed by atoms with Crippen LogP contribution in [0.15, 0.2) is 152 Å². The highest BCUT2D eigenvalue weighted by Crippen LogP contribution is 2.61. The van der Waals surface area contributed by atoms with Crippen molar-refractivity contribution in [3.8, 4) is 46.5 Å². The lowest BCUT2D eigenvalue weighted by atomic mass is 9.66. The summed E-state index contributed by atoms with van der Waals surface area (Å²) in [6.45, 7) is 0. The fourth-order valence-electron chi connectivity index (χ4n) is 9.35. The van der Waals surface area contributed by atoms with E-state index in [0.717, 1.165) is 100 Å². The third-order valence-electron chi connectivity index (χ3n) is 11.6. The molecule has 0 saturated heterocycles. The summed E-state index contributed by atoms with van der Waals surface area (Å²) < 4.78 is 11.1. The minimum Gasteiger partial charge on any atom is -0.457 e. The molecule has 5 aromatic heterocycles. The Morgan fingerprint density at radius 2 is 1.09 bits per heavy atom. The van der Waals surface area contributed by atoms with Crippen molar-refractivity contribution in [1.29, 1.82) is 10.5 Å². The average Bonchev–Trinajstić information content (AvgIpc) is 3.87. The molecule has 10 aromatic rings. The summed E-state index contributed by atoms with van der Waals surface area (Å²) in [4.78, 5) is 14.9. The van der Waals surface area contributed by atoms with Crippen molar-refractivity contribution >= 4 is 43.6 Å². The molecule has 0 amide bonds. The minimum absolute atomic E-state index is 0.559. The van der Waals surface area contributed by atoms with Crippen molar-refractivity contribution in [1.82, 2.24) is 24.1 Å². The van der Waals surface area contributed by atoms with Gasteiger partial charge in [0.25, 0.3) is 0 Å². The second-order valence-electron chi connectivity index (χ2n) is 14.3. The summed E-state index contributed by atoms with van der Waals surface area (Å²) in [7, 11) is 0. The summed E-state index contributed by atoms with van der Waals surface area (Å²) in [5.74, 6) is 2.33. The first-order valence-electron chi connectivity index (χ1n) is 18.3. The van der Waals surface area contributed by atoms with Gasteiger partial charge in [-0.15, -0.1) is 0 Å². The number of aromatic nitrogens is 5. The van der Waals surface area contributed by atoms with Gasteiger partial charge in [-0.3, -0.25) is 14.5 Å². The number of benzene rings is 5. The predicted molar refractivity (Wildman–Crippen MR) is 215 cm³/mol. The Balaban J connectivity index is 1.12. The normalized spacial score (nSPS) is 13.2. The molecule has 0 atom stereocenters. The second kappa shape index (κ2) is 11.0. The van der Waals surface area contributed by atoms with Crippen molar-refractivity contribution in [2.75, 3.05) is 0 Å². The molecule has 1 aliphatic carbocycles. The quantitative estimate of drug-likeness (QED) is 0.176. The molecule has 2 aliphatic rings. The summed E-state index contributed by atoms with van der Waals surface area (Å²) in [6.07, 6.45) is 5.63. The zero-order valence-electron chi connectivity index (χ0n) is 29.5. The fraction of sp³-hybridized carbons (Fsp3) is 0.0208. The molecule has 12 rings (SSSR count). The molecule has 1 spiro atoms. The molecule has 1 aliphatic heterocycles. The zero-order valence-corrected chi connectivity index (χ0v) is 29.5. The van der Waals surface area contributed by atoms with Crippen LogP contribution in [0.5, 0.6) is 11.5 Å². The number of rotatable bonds is 2. The number of hydrogen-bond acceptors (Lipinski definition) is 6. The van der Waals surface area contributed by atoms with E-state index in [1.165, 1.54) is 0 Å². The summed E-state index contributed by atoms with van der Waals surface area (Å²) in [5.41, 5.74) is 11.2. The molecule has 0 N–H and O–H groups in total. The van der Waals surface area contributed by atoms with E-state index in [1.807, 2.05) is 79.3 Å². The second-order valence-corrected chi connectivity index (χ2v) is 14.3. The lowest BCUT2D eigenvalue weighted by Crippen LogP contribution is -2.32. The first-order chi connectivity index (χ1) is 27.7. The molecule has 0 fully saturated rings. The van der Waals surface area contributed by atoms with Gasteiger partial charge in [0, 0.05) is 50.8 Å². The molecule has 56 heavy (non-hydrogen) atoms. The van der Waals surface area contributed by atoms with Crippen LogP contribution in [0.3, 0.4) is 0 Å². The van der Waals surface area contributed by atoms with Crippen molar-refractivity contribution in [3.63, 3.8) is 0 Å². The Morgan fingerprint density at radius 3 is 1.80 bits per heavy atom. The first-order valence-corrected chi connectivity index (χ1v) is 18.3. The Bertz CT molecular complexity index is 3330. The third kappa shape index (κ3) is 3.81. The van der Waals surface area contributed by atoms with Crippen LogP contribution >= 0.6 is 0 Å². The molecule has 0 saturated carbocycles. The number of para-hydroxylation sites is 2. The molecular weight excluding hydrogens is 691 g/mol. The van der Waals surface area contributed by atoms with Gasteiger partial charge in [0.2, 0.25) is 0 Å². The van der Waals surface area contributed by atoms with E-state index in [-0.39, 0.29) is 0 Å². The molecule has 258 valence electrons. The van der Waals surface area contributed by atoms with Gasteiger partial charge < -0.3 is 9.30 Å². The lowest BCUT2D eigenvalue weighted by molar-refractivity contribution is 0.436. The van der Waals surface area contributed by atoms with Gasteiger partial charge in [0.05, 0.1) is 68.3 Å². The van der Waals surface area contributed by atoms with E-state index in [4.69, 9.17) is 19.7 Å². The van der Waals surface area contributed by atoms with Crippen molar-refractivity contribution in [2.45, 2.75) is 5.41 Å². The highest BCUT2D eigenvalue weighted by Gasteiger charge is 2.52. The zero-order chi connectivity index (χ0) is 37.1. The van der Waals surface area contributed by atoms with Gasteiger partial charge in [0.15, 0.2) is 0 Å². The summed E-state index contributed by atoms with van der Waals surface area (Å²) >= 11 is 0. The number of nitrogens with zero attached hydrogens (tertiary/aromatic N) is 7. The SMILES string of the molecule is N#Cc1ccc2c(c1)c1cc(C#N)ccc1n2-c1cc2c3ccccc3n(-c3ccc4c(c3)C3(c5ccccc5O4)c4cccnc4-c4ncccc43)c2cn1. The van der Waals surface area contributed by atoms with Crippen LogP contribution in [-0.4, -0.2) is 24.1 Å². The highest BCUT2D eigenvalue weighted by molar-refractivity contribution is 6.12. The Morgan fingerprint density at radius 1 is 0.482 bits per heavy atom. The summed E-state index contributed by atoms with van der Waals surface area (Å²) in [5, 5.41) is 23.4. The topological polar surface area (TPSA) is 105 Å². The van der Waals surface area contributed by atoms with Crippen molar-refractivity contribution < 1.29 is 4.74 Å². The molecule has 0 bridgehead atoms. The standard InChI is InChI=1S/C48H25N7O/c49-25-28-13-16-40-32(21-28)33-22-29(26-50)14-17-41(33)55(40)45-24-34-31-7-1-3-11-39(31)54(42(34)27-53-45)30-15-18-44-38(23-30)48(35-8-2-4-12-43(35)56-44)36-9-5-19-51-46(36)47-37(48)10-6-20-52-47/h1-24,27H. The lowest BCUT2D eigenvalue weighted by Gasteiger charge is -2.39. The Hall–Kier alpha value is -8.07. The van der Waals surface area contributed by atoms with Crippen LogP contribution in [0.2, 0.25) is 0 Å². The Labute approximate surface area is 319 Å². The van der Waals surface area contributed by atoms with E-state index < -0.39 is 5.41 Å². The number of pyridine rings is 3. The number of hydrogen-bond donors (Lipinski definition) is 0. The molecule has 8 nitrogen and oxygen atoms in total.